The Morgan fingerprint density at radius 2 is 2.11 bits per heavy atom. The molecule has 0 radical (unpaired) electrons. The molecule has 0 spiro atoms. The summed E-state index contributed by atoms with van der Waals surface area (Å²) < 4.78 is 0. The number of amidine groups is 1. The molecule has 0 aromatic heterocycles. The van der Waals surface area contributed by atoms with Gasteiger partial charge in [0, 0.05) is 18.0 Å². The van der Waals surface area contributed by atoms with Crippen molar-refractivity contribution in [3.63, 3.8) is 0 Å². The summed E-state index contributed by atoms with van der Waals surface area (Å²) in [6, 6.07) is 0.716. The van der Waals surface area contributed by atoms with Crippen molar-refractivity contribution in [2.45, 2.75) is 45.6 Å². The Balaban J connectivity index is 2.19. The smallest absolute Gasteiger partial charge is 0.144 e. The molecule has 112 valence electrons. The lowest BCUT2D eigenvalue weighted by Gasteiger charge is -2.23. The molecule has 0 saturated carbocycles. The molecule has 1 rings (SSSR count). The molecule has 1 unspecified atom stereocenters. The van der Waals surface area contributed by atoms with Crippen molar-refractivity contribution in [1.29, 1.82) is 0 Å². The zero-order valence-electron chi connectivity index (χ0n) is 12.9. The molecule has 0 aliphatic carbocycles. The number of hydrogen-bond acceptors (Lipinski definition) is 4. The van der Waals surface area contributed by atoms with Gasteiger partial charge in [0.15, 0.2) is 0 Å². The van der Waals surface area contributed by atoms with Crippen LogP contribution in [0.5, 0.6) is 0 Å². The Morgan fingerprint density at radius 3 is 2.63 bits per heavy atom. The predicted octanol–water partition coefficient (Wildman–Crippen LogP) is 1.57. The first-order chi connectivity index (χ1) is 8.86. The van der Waals surface area contributed by atoms with Crippen molar-refractivity contribution < 1.29 is 5.21 Å². The topological polar surface area (TPSA) is 65.1 Å². The summed E-state index contributed by atoms with van der Waals surface area (Å²) in [4.78, 5) is 4.86. The van der Waals surface area contributed by atoms with E-state index in [4.69, 9.17) is 10.9 Å². The number of nitrogens with two attached hydrogens (primary N) is 1. The average Bonchev–Trinajstić information content (AvgIpc) is 2.82. The van der Waals surface area contributed by atoms with Gasteiger partial charge < -0.3 is 20.7 Å². The molecule has 1 fully saturated rings. The highest BCUT2D eigenvalue weighted by molar-refractivity contribution is 5.85. The van der Waals surface area contributed by atoms with Crippen molar-refractivity contribution in [2.75, 3.05) is 33.7 Å². The van der Waals surface area contributed by atoms with Gasteiger partial charge in [0.05, 0.1) is 0 Å². The van der Waals surface area contributed by atoms with E-state index in [0.29, 0.717) is 11.9 Å². The zero-order chi connectivity index (χ0) is 14.5. The van der Waals surface area contributed by atoms with Crippen molar-refractivity contribution in [1.82, 2.24) is 9.80 Å². The Kier molecular flexibility index (Phi) is 6.07. The molecule has 1 aliphatic heterocycles. The molecule has 1 aliphatic rings. The maximum absolute atomic E-state index is 8.73. The molecule has 0 amide bonds. The first kappa shape index (κ1) is 16.2. The first-order valence-electron chi connectivity index (χ1n) is 7.23. The second-order valence-corrected chi connectivity index (χ2v) is 6.53. The van der Waals surface area contributed by atoms with Gasteiger partial charge in [0.2, 0.25) is 0 Å². The lowest BCUT2D eigenvalue weighted by molar-refractivity contribution is 0.262. The van der Waals surface area contributed by atoms with Crippen LogP contribution in [-0.2, 0) is 0 Å². The Labute approximate surface area is 117 Å². The van der Waals surface area contributed by atoms with E-state index in [0.717, 1.165) is 19.4 Å². The van der Waals surface area contributed by atoms with Gasteiger partial charge in [-0.25, -0.2) is 0 Å². The lowest BCUT2D eigenvalue weighted by Crippen LogP contribution is -2.33. The van der Waals surface area contributed by atoms with Crippen LogP contribution in [0.3, 0.4) is 0 Å². The molecule has 1 atom stereocenters. The molecule has 5 heteroatoms. The minimum atomic E-state index is -0.202. The molecule has 0 bridgehead atoms. The molecule has 5 nitrogen and oxygen atoms in total. The summed E-state index contributed by atoms with van der Waals surface area (Å²) in [6.45, 7) is 7.62. The summed E-state index contributed by atoms with van der Waals surface area (Å²) in [6.07, 6.45) is 4.55. The van der Waals surface area contributed by atoms with Crippen molar-refractivity contribution in [2.24, 2.45) is 16.3 Å². The van der Waals surface area contributed by atoms with Crippen LogP contribution in [0.4, 0.5) is 0 Å². The largest absolute Gasteiger partial charge is 0.409 e. The van der Waals surface area contributed by atoms with E-state index in [1.165, 1.54) is 25.9 Å². The number of unbranched alkanes of at least 4 members (excludes halogenated alkanes) is 1. The Morgan fingerprint density at radius 1 is 1.42 bits per heavy atom. The lowest BCUT2D eigenvalue weighted by atomic mass is 9.86. The summed E-state index contributed by atoms with van der Waals surface area (Å²) in [5.41, 5.74) is 5.49. The second-order valence-electron chi connectivity index (χ2n) is 6.53. The van der Waals surface area contributed by atoms with Crippen LogP contribution in [0.15, 0.2) is 5.16 Å². The Hall–Kier alpha value is -0.810. The minimum Gasteiger partial charge on any atom is -0.409 e. The third-order valence-corrected chi connectivity index (χ3v) is 4.31. The highest BCUT2D eigenvalue weighted by Crippen LogP contribution is 2.23. The molecule has 1 saturated heterocycles. The minimum absolute atomic E-state index is 0.202. The fraction of sp³-hybridized carbons (Fsp3) is 0.929. The van der Waals surface area contributed by atoms with E-state index < -0.39 is 0 Å². The normalized spacial score (nSPS) is 22.4. The van der Waals surface area contributed by atoms with Crippen LogP contribution in [0.1, 0.15) is 39.5 Å². The molecular formula is C14H30N4O. The predicted molar refractivity (Wildman–Crippen MR) is 79.6 cm³/mol. The number of hydrogen-bond donors (Lipinski definition) is 2. The van der Waals surface area contributed by atoms with E-state index in [9.17, 15) is 0 Å². The van der Waals surface area contributed by atoms with Gasteiger partial charge in [-0.05, 0) is 46.4 Å². The number of rotatable bonds is 7. The van der Waals surface area contributed by atoms with Gasteiger partial charge in [0.25, 0.3) is 0 Å². The van der Waals surface area contributed by atoms with E-state index in [1.807, 2.05) is 13.8 Å². The maximum atomic E-state index is 8.73. The highest BCUT2D eigenvalue weighted by Gasteiger charge is 2.25. The maximum Gasteiger partial charge on any atom is 0.144 e. The molecule has 3 N–H and O–H groups in total. The molecule has 1 heterocycles. The van der Waals surface area contributed by atoms with Crippen LogP contribution in [0.25, 0.3) is 0 Å². The number of oxime groups is 1. The molecule has 0 aromatic rings. The van der Waals surface area contributed by atoms with E-state index in [2.05, 4.69) is 29.1 Å². The summed E-state index contributed by atoms with van der Waals surface area (Å²) in [5.74, 6) is 0.335. The van der Waals surface area contributed by atoms with Crippen LogP contribution in [-0.4, -0.2) is 60.6 Å². The summed E-state index contributed by atoms with van der Waals surface area (Å²) in [5, 5.41) is 11.9. The SMILES string of the molecule is CN(C)C1CCN(CCCCC(C)(C)C(N)=NO)C1. The van der Waals surface area contributed by atoms with Gasteiger partial charge in [-0.2, -0.15) is 0 Å². The van der Waals surface area contributed by atoms with E-state index in [1.54, 1.807) is 0 Å². The third-order valence-electron chi connectivity index (χ3n) is 4.31. The van der Waals surface area contributed by atoms with Gasteiger partial charge in [0.1, 0.15) is 5.84 Å². The molecular weight excluding hydrogens is 240 g/mol. The number of nitrogens with zero attached hydrogens (tertiary/aromatic N) is 3. The van der Waals surface area contributed by atoms with Gasteiger partial charge in [-0.3, -0.25) is 0 Å². The van der Waals surface area contributed by atoms with E-state index in [-0.39, 0.29) is 5.41 Å². The van der Waals surface area contributed by atoms with Crippen molar-refractivity contribution in [3.05, 3.63) is 0 Å². The third kappa shape index (κ3) is 4.99. The average molecular weight is 270 g/mol. The van der Waals surface area contributed by atoms with E-state index >= 15 is 0 Å². The number of likely N-dealkylation sites (tertiary alicyclic amines) is 1. The standard InChI is InChI=1S/C14H30N4O/c1-14(2,13(15)16-19)8-5-6-9-18-10-7-12(11-18)17(3)4/h12,19H,5-11H2,1-4H3,(H2,15,16). The Bertz CT molecular complexity index is 302. The monoisotopic (exact) mass is 270 g/mol. The zero-order valence-corrected chi connectivity index (χ0v) is 12.9. The van der Waals surface area contributed by atoms with Crippen LogP contribution in [0.2, 0.25) is 0 Å². The fourth-order valence-electron chi connectivity index (χ4n) is 2.60. The quantitative estimate of drug-likeness (QED) is 0.242. The van der Waals surface area contributed by atoms with Gasteiger partial charge >= 0.3 is 0 Å². The van der Waals surface area contributed by atoms with Crippen LogP contribution in [0, 0.1) is 5.41 Å². The van der Waals surface area contributed by atoms with Crippen LogP contribution < -0.4 is 5.73 Å². The molecule has 0 aromatic carbocycles. The van der Waals surface area contributed by atoms with Crippen molar-refractivity contribution >= 4 is 5.84 Å². The molecule has 19 heavy (non-hydrogen) atoms. The summed E-state index contributed by atoms with van der Waals surface area (Å²) in [7, 11) is 4.32. The van der Waals surface area contributed by atoms with Crippen LogP contribution >= 0.6 is 0 Å². The number of likely N-dealkylation sites (N-methyl/N-ethyl adjacent to an activating group) is 1. The second kappa shape index (κ2) is 7.10. The van der Waals surface area contributed by atoms with Crippen molar-refractivity contribution in [3.8, 4) is 0 Å². The first-order valence-corrected chi connectivity index (χ1v) is 7.23. The van der Waals surface area contributed by atoms with Gasteiger partial charge in [-0.15, -0.1) is 0 Å². The highest BCUT2D eigenvalue weighted by atomic mass is 16.4. The fourth-order valence-corrected chi connectivity index (χ4v) is 2.60. The van der Waals surface area contributed by atoms with Gasteiger partial charge in [-0.1, -0.05) is 25.4 Å². The summed E-state index contributed by atoms with van der Waals surface area (Å²) >= 11 is 0.